The summed E-state index contributed by atoms with van der Waals surface area (Å²) in [6, 6.07) is 15.6. The van der Waals surface area contributed by atoms with Gasteiger partial charge in [0.05, 0.1) is 0 Å². The van der Waals surface area contributed by atoms with Gasteiger partial charge in [-0.15, -0.1) is 0 Å². The number of rotatable bonds is 8. The van der Waals surface area contributed by atoms with Gasteiger partial charge in [-0.2, -0.15) is 0 Å². The van der Waals surface area contributed by atoms with Crippen LogP contribution in [0.15, 0.2) is 54.9 Å². The lowest BCUT2D eigenvalue weighted by Gasteiger charge is -2.16. The zero-order valence-electron chi connectivity index (χ0n) is 12.3. The number of pyridine rings is 1. The molecule has 20 heavy (non-hydrogen) atoms. The lowest BCUT2D eigenvalue weighted by atomic mass is 10.00. The summed E-state index contributed by atoms with van der Waals surface area (Å²) >= 11 is 0. The molecule has 1 heterocycles. The van der Waals surface area contributed by atoms with Gasteiger partial charge in [0.15, 0.2) is 0 Å². The van der Waals surface area contributed by atoms with Crippen molar-refractivity contribution >= 4 is 0 Å². The molecule has 1 aromatic carbocycles. The van der Waals surface area contributed by atoms with E-state index in [0.717, 1.165) is 6.42 Å². The second-order valence-corrected chi connectivity index (χ2v) is 5.26. The molecule has 0 spiro atoms. The van der Waals surface area contributed by atoms with Crippen molar-refractivity contribution < 1.29 is 0 Å². The number of nitrogens with one attached hydrogen (secondary N) is 1. The van der Waals surface area contributed by atoms with Crippen LogP contribution < -0.4 is 5.32 Å². The molecule has 1 atom stereocenters. The molecule has 2 heteroatoms. The summed E-state index contributed by atoms with van der Waals surface area (Å²) in [5.41, 5.74) is 2.82. The van der Waals surface area contributed by atoms with Crippen molar-refractivity contribution in [3.05, 3.63) is 66.0 Å². The quantitative estimate of drug-likeness (QED) is 0.791. The third-order valence-electron chi connectivity index (χ3n) is 3.80. The normalized spacial score (nSPS) is 12.2. The van der Waals surface area contributed by atoms with E-state index >= 15 is 0 Å². The van der Waals surface area contributed by atoms with Gasteiger partial charge in [0.25, 0.3) is 0 Å². The van der Waals surface area contributed by atoms with E-state index in [1.54, 1.807) is 0 Å². The van der Waals surface area contributed by atoms with Crippen LogP contribution in [-0.4, -0.2) is 18.1 Å². The fourth-order valence-electron chi connectivity index (χ4n) is 2.52. The number of aromatic nitrogens is 1. The molecule has 0 aliphatic heterocycles. The SMILES string of the molecule is CNC(CCCc1ccccc1)CCc1ccncc1. The highest BCUT2D eigenvalue weighted by molar-refractivity contribution is 5.14. The standard InChI is InChI=1S/C18H24N2/c1-19-18(11-10-17-12-14-20-15-13-17)9-5-8-16-6-3-2-4-7-16/h2-4,6-7,12-15,18-19H,5,8-11H2,1H3. The first kappa shape index (κ1) is 14.7. The molecule has 2 rings (SSSR count). The summed E-state index contributed by atoms with van der Waals surface area (Å²) in [4.78, 5) is 4.06. The Morgan fingerprint density at radius 1 is 0.900 bits per heavy atom. The Kier molecular flexibility index (Phi) is 6.25. The molecule has 0 radical (unpaired) electrons. The Balaban J connectivity index is 1.70. The topological polar surface area (TPSA) is 24.9 Å². The monoisotopic (exact) mass is 268 g/mol. The Hall–Kier alpha value is -1.67. The Bertz CT molecular complexity index is 467. The number of benzene rings is 1. The average Bonchev–Trinajstić information content (AvgIpc) is 2.52. The molecule has 2 nitrogen and oxygen atoms in total. The van der Waals surface area contributed by atoms with E-state index in [2.05, 4.69) is 59.8 Å². The molecule has 1 unspecified atom stereocenters. The highest BCUT2D eigenvalue weighted by atomic mass is 14.9. The van der Waals surface area contributed by atoms with Crippen LogP contribution >= 0.6 is 0 Å². The van der Waals surface area contributed by atoms with Gasteiger partial charge in [-0.3, -0.25) is 4.98 Å². The molecule has 1 N–H and O–H groups in total. The van der Waals surface area contributed by atoms with Gasteiger partial charge in [0, 0.05) is 18.4 Å². The van der Waals surface area contributed by atoms with E-state index in [4.69, 9.17) is 0 Å². The molecular formula is C18H24N2. The van der Waals surface area contributed by atoms with Crippen LogP contribution in [-0.2, 0) is 12.8 Å². The number of aryl methyl sites for hydroxylation is 2. The van der Waals surface area contributed by atoms with Crippen LogP contribution in [0.3, 0.4) is 0 Å². The second kappa shape index (κ2) is 8.49. The van der Waals surface area contributed by atoms with Crippen LogP contribution in [0.25, 0.3) is 0 Å². The minimum atomic E-state index is 0.604. The first-order chi connectivity index (χ1) is 9.88. The molecule has 0 saturated heterocycles. The maximum absolute atomic E-state index is 4.06. The van der Waals surface area contributed by atoms with Crippen molar-refractivity contribution in [3.8, 4) is 0 Å². The van der Waals surface area contributed by atoms with Gasteiger partial charge in [-0.05, 0) is 62.4 Å². The van der Waals surface area contributed by atoms with Crippen LogP contribution in [0, 0.1) is 0 Å². The average molecular weight is 268 g/mol. The van der Waals surface area contributed by atoms with Crippen LogP contribution in [0.4, 0.5) is 0 Å². The first-order valence-corrected chi connectivity index (χ1v) is 7.48. The van der Waals surface area contributed by atoms with Gasteiger partial charge in [-0.1, -0.05) is 30.3 Å². The van der Waals surface area contributed by atoms with Crippen molar-refractivity contribution in [1.29, 1.82) is 0 Å². The minimum absolute atomic E-state index is 0.604. The van der Waals surface area contributed by atoms with E-state index in [9.17, 15) is 0 Å². The van der Waals surface area contributed by atoms with E-state index in [1.165, 1.54) is 36.8 Å². The van der Waals surface area contributed by atoms with Crippen LogP contribution in [0.1, 0.15) is 30.4 Å². The van der Waals surface area contributed by atoms with E-state index < -0.39 is 0 Å². The van der Waals surface area contributed by atoms with Gasteiger partial charge >= 0.3 is 0 Å². The molecule has 0 bridgehead atoms. The van der Waals surface area contributed by atoms with E-state index in [-0.39, 0.29) is 0 Å². The highest BCUT2D eigenvalue weighted by Crippen LogP contribution is 2.11. The molecule has 106 valence electrons. The summed E-state index contributed by atoms with van der Waals surface area (Å²) in [6.45, 7) is 0. The summed E-state index contributed by atoms with van der Waals surface area (Å²) in [7, 11) is 2.07. The second-order valence-electron chi connectivity index (χ2n) is 5.26. The molecule has 0 fully saturated rings. The third-order valence-corrected chi connectivity index (χ3v) is 3.80. The van der Waals surface area contributed by atoms with Crippen molar-refractivity contribution in [2.75, 3.05) is 7.05 Å². The highest BCUT2D eigenvalue weighted by Gasteiger charge is 2.06. The number of hydrogen-bond donors (Lipinski definition) is 1. The zero-order chi connectivity index (χ0) is 14.0. The first-order valence-electron chi connectivity index (χ1n) is 7.48. The number of nitrogens with zero attached hydrogens (tertiary/aromatic N) is 1. The minimum Gasteiger partial charge on any atom is -0.317 e. The molecule has 0 saturated carbocycles. The molecule has 2 aromatic rings. The summed E-state index contributed by atoms with van der Waals surface area (Å²) < 4.78 is 0. The lowest BCUT2D eigenvalue weighted by molar-refractivity contribution is 0.474. The molecule has 0 aliphatic carbocycles. The van der Waals surface area contributed by atoms with Crippen molar-refractivity contribution in [2.24, 2.45) is 0 Å². The maximum atomic E-state index is 4.06. The fourth-order valence-corrected chi connectivity index (χ4v) is 2.52. The van der Waals surface area contributed by atoms with E-state index in [0.29, 0.717) is 6.04 Å². The van der Waals surface area contributed by atoms with Gasteiger partial charge in [-0.25, -0.2) is 0 Å². The van der Waals surface area contributed by atoms with Gasteiger partial charge in [0.2, 0.25) is 0 Å². The predicted molar refractivity (Wildman–Crippen MR) is 84.8 cm³/mol. The summed E-state index contributed by atoms with van der Waals surface area (Å²) in [5.74, 6) is 0. The summed E-state index contributed by atoms with van der Waals surface area (Å²) in [5, 5.41) is 3.44. The lowest BCUT2D eigenvalue weighted by Crippen LogP contribution is -2.25. The predicted octanol–water partition coefficient (Wildman–Crippen LogP) is 3.63. The number of hydrogen-bond acceptors (Lipinski definition) is 2. The van der Waals surface area contributed by atoms with Crippen molar-refractivity contribution in [1.82, 2.24) is 10.3 Å². The molecular weight excluding hydrogens is 244 g/mol. The fraction of sp³-hybridized carbons (Fsp3) is 0.389. The Labute approximate surface area is 122 Å². The van der Waals surface area contributed by atoms with E-state index in [1.807, 2.05) is 12.4 Å². The molecule has 0 aliphatic rings. The molecule has 1 aromatic heterocycles. The maximum Gasteiger partial charge on any atom is 0.0270 e. The van der Waals surface area contributed by atoms with Crippen molar-refractivity contribution in [3.63, 3.8) is 0 Å². The summed E-state index contributed by atoms with van der Waals surface area (Å²) in [6.07, 6.45) is 9.71. The zero-order valence-corrected chi connectivity index (χ0v) is 12.3. The molecule has 0 amide bonds. The van der Waals surface area contributed by atoms with Crippen molar-refractivity contribution in [2.45, 2.75) is 38.1 Å². The third kappa shape index (κ3) is 5.14. The van der Waals surface area contributed by atoms with Crippen LogP contribution in [0.5, 0.6) is 0 Å². The van der Waals surface area contributed by atoms with Gasteiger partial charge < -0.3 is 5.32 Å². The largest absolute Gasteiger partial charge is 0.317 e. The van der Waals surface area contributed by atoms with Gasteiger partial charge in [0.1, 0.15) is 0 Å². The smallest absolute Gasteiger partial charge is 0.0270 e. The van der Waals surface area contributed by atoms with Crippen LogP contribution in [0.2, 0.25) is 0 Å². The Morgan fingerprint density at radius 2 is 1.60 bits per heavy atom. The Morgan fingerprint density at radius 3 is 2.30 bits per heavy atom.